The summed E-state index contributed by atoms with van der Waals surface area (Å²) in [6.07, 6.45) is 5.10. The van der Waals surface area contributed by atoms with Crippen LogP contribution in [-0.4, -0.2) is 14.5 Å². The highest BCUT2D eigenvalue weighted by atomic mass is 79.9. The van der Waals surface area contributed by atoms with Crippen LogP contribution in [0.2, 0.25) is 0 Å². The first-order valence-electron chi connectivity index (χ1n) is 7.34. The van der Waals surface area contributed by atoms with E-state index in [0.29, 0.717) is 11.2 Å². The van der Waals surface area contributed by atoms with Gasteiger partial charge in [-0.2, -0.15) is 0 Å². The number of rotatable bonds is 3. The molecular formula is C18H12BrN3OS. The number of fused-ring (bicyclic) bond motifs is 1. The van der Waals surface area contributed by atoms with E-state index in [1.54, 1.807) is 23.3 Å². The van der Waals surface area contributed by atoms with Crippen LogP contribution in [0.15, 0.2) is 69.8 Å². The van der Waals surface area contributed by atoms with E-state index in [2.05, 4.69) is 25.9 Å². The average molecular weight is 398 g/mol. The van der Waals surface area contributed by atoms with Gasteiger partial charge in [-0.1, -0.05) is 34.1 Å². The molecule has 0 fully saturated rings. The number of halogens is 1. The van der Waals surface area contributed by atoms with E-state index < -0.39 is 0 Å². The van der Waals surface area contributed by atoms with Gasteiger partial charge in [-0.25, -0.2) is 4.98 Å². The Morgan fingerprint density at radius 1 is 1.17 bits per heavy atom. The second kappa shape index (κ2) is 6.30. The molecule has 4 nitrogen and oxygen atoms in total. The predicted octanol–water partition coefficient (Wildman–Crippen LogP) is 4.33. The lowest BCUT2D eigenvalue weighted by Crippen LogP contribution is -2.20. The SMILES string of the molecule is O=c1c2scc(-c3ccc(Br)cc3)c2ncn1Cc1cccnc1. The summed E-state index contributed by atoms with van der Waals surface area (Å²) < 4.78 is 3.33. The summed E-state index contributed by atoms with van der Waals surface area (Å²) >= 11 is 4.88. The molecule has 0 atom stereocenters. The van der Waals surface area contributed by atoms with Crippen molar-refractivity contribution in [2.75, 3.05) is 0 Å². The van der Waals surface area contributed by atoms with Crippen molar-refractivity contribution < 1.29 is 0 Å². The monoisotopic (exact) mass is 397 g/mol. The fraction of sp³-hybridized carbons (Fsp3) is 0.0556. The molecule has 24 heavy (non-hydrogen) atoms. The number of thiophene rings is 1. The first kappa shape index (κ1) is 15.2. The summed E-state index contributed by atoms with van der Waals surface area (Å²) in [7, 11) is 0. The first-order chi connectivity index (χ1) is 11.7. The summed E-state index contributed by atoms with van der Waals surface area (Å²) in [5, 5.41) is 2.00. The molecule has 0 saturated carbocycles. The maximum Gasteiger partial charge on any atom is 0.271 e. The molecular weight excluding hydrogens is 386 g/mol. The minimum Gasteiger partial charge on any atom is -0.293 e. The van der Waals surface area contributed by atoms with Gasteiger partial charge in [0, 0.05) is 27.8 Å². The van der Waals surface area contributed by atoms with Gasteiger partial charge >= 0.3 is 0 Å². The molecule has 1 aromatic carbocycles. The lowest BCUT2D eigenvalue weighted by molar-refractivity contribution is 0.747. The highest BCUT2D eigenvalue weighted by molar-refractivity contribution is 9.10. The molecule has 0 bridgehead atoms. The second-order valence-corrected chi connectivity index (χ2v) is 7.17. The van der Waals surface area contributed by atoms with Crippen molar-refractivity contribution in [3.63, 3.8) is 0 Å². The van der Waals surface area contributed by atoms with E-state index in [0.717, 1.165) is 26.7 Å². The second-order valence-electron chi connectivity index (χ2n) is 5.37. The zero-order valence-corrected chi connectivity index (χ0v) is 14.9. The molecule has 0 aliphatic rings. The van der Waals surface area contributed by atoms with E-state index in [9.17, 15) is 4.79 Å². The highest BCUT2D eigenvalue weighted by Crippen LogP contribution is 2.31. The standard InChI is InChI=1S/C18H12BrN3OS/c19-14-5-3-13(4-6-14)15-10-24-17-16(15)21-11-22(18(17)23)9-12-2-1-7-20-8-12/h1-8,10-11H,9H2. The number of nitrogens with zero attached hydrogens (tertiary/aromatic N) is 3. The lowest BCUT2D eigenvalue weighted by Gasteiger charge is -2.05. The Kier molecular flexibility index (Phi) is 4.00. The normalized spacial score (nSPS) is 11.0. The van der Waals surface area contributed by atoms with Crippen LogP contribution in [0.1, 0.15) is 5.56 Å². The Labute approximate surface area is 150 Å². The Hall–Kier alpha value is -2.31. The van der Waals surface area contributed by atoms with Crippen molar-refractivity contribution >= 4 is 37.5 Å². The van der Waals surface area contributed by atoms with E-state index >= 15 is 0 Å². The molecule has 3 aromatic heterocycles. The van der Waals surface area contributed by atoms with Gasteiger partial charge in [0.1, 0.15) is 4.70 Å². The predicted molar refractivity (Wildman–Crippen MR) is 100 cm³/mol. The summed E-state index contributed by atoms with van der Waals surface area (Å²) in [6, 6.07) is 11.8. The molecule has 0 amide bonds. The van der Waals surface area contributed by atoms with Crippen molar-refractivity contribution in [2.45, 2.75) is 6.54 Å². The summed E-state index contributed by atoms with van der Waals surface area (Å²) in [5.41, 5.74) is 3.77. The van der Waals surface area contributed by atoms with Crippen molar-refractivity contribution in [1.82, 2.24) is 14.5 Å². The van der Waals surface area contributed by atoms with Gasteiger partial charge in [-0.3, -0.25) is 14.3 Å². The smallest absolute Gasteiger partial charge is 0.271 e. The van der Waals surface area contributed by atoms with E-state index in [-0.39, 0.29) is 5.56 Å². The zero-order valence-electron chi connectivity index (χ0n) is 12.5. The number of aromatic nitrogens is 3. The average Bonchev–Trinajstić information content (AvgIpc) is 3.04. The van der Waals surface area contributed by atoms with E-state index in [1.165, 1.54) is 11.3 Å². The number of pyridine rings is 1. The Morgan fingerprint density at radius 2 is 2.00 bits per heavy atom. The van der Waals surface area contributed by atoms with Gasteiger partial charge in [0.25, 0.3) is 5.56 Å². The van der Waals surface area contributed by atoms with Crippen LogP contribution < -0.4 is 5.56 Å². The molecule has 6 heteroatoms. The minimum absolute atomic E-state index is 0.0165. The molecule has 4 aromatic rings. The Morgan fingerprint density at radius 3 is 2.75 bits per heavy atom. The molecule has 0 radical (unpaired) electrons. The molecule has 4 rings (SSSR count). The lowest BCUT2D eigenvalue weighted by atomic mass is 10.1. The first-order valence-corrected chi connectivity index (χ1v) is 9.01. The largest absolute Gasteiger partial charge is 0.293 e. The van der Waals surface area contributed by atoms with Gasteiger partial charge < -0.3 is 0 Å². The third kappa shape index (κ3) is 2.79. The van der Waals surface area contributed by atoms with Gasteiger partial charge in [-0.15, -0.1) is 11.3 Å². The minimum atomic E-state index is -0.0165. The molecule has 118 valence electrons. The van der Waals surface area contributed by atoms with Crippen LogP contribution in [0.3, 0.4) is 0 Å². The van der Waals surface area contributed by atoms with Gasteiger partial charge in [0.15, 0.2) is 0 Å². The van der Waals surface area contributed by atoms with Gasteiger partial charge in [0.2, 0.25) is 0 Å². The molecule has 0 aliphatic heterocycles. The molecule has 0 aliphatic carbocycles. The van der Waals surface area contributed by atoms with Crippen LogP contribution in [0.25, 0.3) is 21.3 Å². The van der Waals surface area contributed by atoms with E-state index in [1.807, 2.05) is 41.8 Å². The van der Waals surface area contributed by atoms with Crippen LogP contribution in [0, 0.1) is 0 Å². The summed E-state index contributed by atoms with van der Waals surface area (Å²) in [6.45, 7) is 0.473. The molecule has 0 N–H and O–H groups in total. The zero-order chi connectivity index (χ0) is 16.5. The quantitative estimate of drug-likeness (QED) is 0.516. The summed E-state index contributed by atoms with van der Waals surface area (Å²) in [5.74, 6) is 0. The number of hydrogen-bond acceptors (Lipinski definition) is 4. The third-order valence-electron chi connectivity index (χ3n) is 3.78. The molecule has 0 saturated heterocycles. The van der Waals surface area contributed by atoms with Gasteiger partial charge in [0.05, 0.1) is 18.4 Å². The van der Waals surface area contributed by atoms with Crippen LogP contribution in [-0.2, 0) is 6.54 Å². The Balaban J connectivity index is 1.78. The molecule has 3 heterocycles. The topological polar surface area (TPSA) is 47.8 Å². The maximum atomic E-state index is 12.7. The van der Waals surface area contributed by atoms with Crippen molar-refractivity contribution in [3.8, 4) is 11.1 Å². The molecule has 0 spiro atoms. The van der Waals surface area contributed by atoms with Crippen molar-refractivity contribution in [3.05, 3.63) is 80.9 Å². The fourth-order valence-corrected chi connectivity index (χ4v) is 3.82. The third-order valence-corrected chi connectivity index (χ3v) is 5.26. The van der Waals surface area contributed by atoms with Crippen LogP contribution in [0.4, 0.5) is 0 Å². The van der Waals surface area contributed by atoms with Crippen molar-refractivity contribution in [1.29, 1.82) is 0 Å². The highest BCUT2D eigenvalue weighted by Gasteiger charge is 2.12. The van der Waals surface area contributed by atoms with Crippen molar-refractivity contribution in [2.24, 2.45) is 0 Å². The fourth-order valence-electron chi connectivity index (χ4n) is 2.58. The maximum absolute atomic E-state index is 12.7. The molecule has 0 unspecified atom stereocenters. The van der Waals surface area contributed by atoms with Gasteiger partial charge in [-0.05, 0) is 29.3 Å². The van der Waals surface area contributed by atoms with Crippen LogP contribution >= 0.6 is 27.3 Å². The van der Waals surface area contributed by atoms with E-state index in [4.69, 9.17) is 0 Å². The summed E-state index contributed by atoms with van der Waals surface area (Å²) in [4.78, 5) is 21.4. The number of benzene rings is 1. The van der Waals surface area contributed by atoms with Crippen LogP contribution in [0.5, 0.6) is 0 Å². The Bertz CT molecular complexity index is 1060. The number of hydrogen-bond donors (Lipinski definition) is 0.